The summed E-state index contributed by atoms with van der Waals surface area (Å²) in [5.74, 6) is -2.38. The first-order chi connectivity index (χ1) is 6.04. The van der Waals surface area contributed by atoms with E-state index in [1.165, 1.54) is 12.1 Å². The molecule has 0 aliphatic heterocycles. The Morgan fingerprint density at radius 1 is 1.54 bits per heavy atom. The molecule has 0 bridgehead atoms. The summed E-state index contributed by atoms with van der Waals surface area (Å²) in [5.41, 5.74) is -0.720. The number of carboxylic acid groups (broad SMARTS) is 1. The standard InChI is InChI=1S/C9H8F2O2/c1-5(10)6-3-2-4-7(8(6)11)9(12)13/h2-5H,1H3,(H,12,13). The lowest BCUT2D eigenvalue weighted by Gasteiger charge is -2.05. The molecule has 0 spiro atoms. The fourth-order valence-corrected chi connectivity index (χ4v) is 1.02. The number of carbonyl (C=O) groups is 1. The van der Waals surface area contributed by atoms with E-state index in [1.807, 2.05) is 0 Å². The van der Waals surface area contributed by atoms with Crippen molar-refractivity contribution in [2.24, 2.45) is 0 Å². The first-order valence-electron chi connectivity index (χ1n) is 3.69. The molecular formula is C9H8F2O2. The zero-order chi connectivity index (χ0) is 10.0. The third kappa shape index (κ3) is 1.83. The van der Waals surface area contributed by atoms with Gasteiger partial charge in [-0.25, -0.2) is 13.6 Å². The van der Waals surface area contributed by atoms with Gasteiger partial charge in [0.25, 0.3) is 0 Å². The largest absolute Gasteiger partial charge is 0.478 e. The molecule has 13 heavy (non-hydrogen) atoms. The second-order valence-corrected chi connectivity index (χ2v) is 2.63. The number of hydrogen-bond acceptors (Lipinski definition) is 1. The van der Waals surface area contributed by atoms with Crippen LogP contribution in [0.3, 0.4) is 0 Å². The van der Waals surface area contributed by atoms with E-state index in [1.54, 1.807) is 0 Å². The second kappa shape index (κ2) is 3.51. The van der Waals surface area contributed by atoms with Gasteiger partial charge in [-0.05, 0) is 13.0 Å². The maximum Gasteiger partial charge on any atom is 0.338 e. The van der Waals surface area contributed by atoms with Crippen LogP contribution in [0.1, 0.15) is 29.0 Å². The predicted octanol–water partition coefficient (Wildman–Crippen LogP) is 2.55. The van der Waals surface area contributed by atoms with E-state index in [4.69, 9.17) is 5.11 Å². The smallest absolute Gasteiger partial charge is 0.338 e. The molecule has 0 saturated heterocycles. The van der Waals surface area contributed by atoms with Gasteiger partial charge < -0.3 is 5.11 Å². The van der Waals surface area contributed by atoms with Gasteiger partial charge in [0.2, 0.25) is 0 Å². The van der Waals surface area contributed by atoms with E-state index in [9.17, 15) is 13.6 Å². The summed E-state index contributed by atoms with van der Waals surface area (Å²) >= 11 is 0. The van der Waals surface area contributed by atoms with Gasteiger partial charge in [0.05, 0.1) is 5.56 Å². The Hall–Kier alpha value is -1.45. The lowest BCUT2D eigenvalue weighted by atomic mass is 10.1. The average Bonchev–Trinajstić information content (AvgIpc) is 2.03. The van der Waals surface area contributed by atoms with E-state index in [0.29, 0.717) is 0 Å². The number of halogens is 2. The highest BCUT2D eigenvalue weighted by Gasteiger charge is 2.16. The molecule has 0 aliphatic rings. The van der Waals surface area contributed by atoms with Crippen molar-refractivity contribution in [1.29, 1.82) is 0 Å². The van der Waals surface area contributed by atoms with Gasteiger partial charge in [0.1, 0.15) is 12.0 Å². The van der Waals surface area contributed by atoms with Gasteiger partial charge in [0.15, 0.2) is 0 Å². The van der Waals surface area contributed by atoms with Crippen molar-refractivity contribution in [3.8, 4) is 0 Å². The van der Waals surface area contributed by atoms with Crippen LogP contribution < -0.4 is 0 Å². The van der Waals surface area contributed by atoms with Crippen LogP contribution in [0.2, 0.25) is 0 Å². The van der Waals surface area contributed by atoms with Crippen LogP contribution in [0.5, 0.6) is 0 Å². The van der Waals surface area contributed by atoms with E-state index < -0.39 is 23.5 Å². The third-order valence-electron chi connectivity index (χ3n) is 1.69. The summed E-state index contributed by atoms with van der Waals surface area (Å²) < 4.78 is 25.9. The maximum atomic E-state index is 13.2. The molecule has 1 rings (SSSR count). The molecular weight excluding hydrogens is 178 g/mol. The molecule has 0 aromatic heterocycles. The zero-order valence-corrected chi connectivity index (χ0v) is 6.92. The molecule has 0 radical (unpaired) electrons. The highest BCUT2D eigenvalue weighted by molar-refractivity contribution is 5.88. The minimum absolute atomic E-state index is 0.222. The monoisotopic (exact) mass is 186 g/mol. The Morgan fingerprint density at radius 3 is 2.62 bits per heavy atom. The molecule has 1 N–H and O–H groups in total. The Kier molecular flexibility index (Phi) is 2.60. The van der Waals surface area contributed by atoms with E-state index in [0.717, 1.165) is 13.0 Å². The van der Waals surface area contributed by atoms with E-state index >= 15 is 0 Å². The summed E-state index contributed by atoms with van der Waals surface area (Å²) in [6.45, 7) is 1.16. The average molecular weight is 186 g/mol. The van der Waals surface area contributed by atoms with Gasteiger partial charge in [-0.3, -0.25) is 0 Å². The molecule has 0 aliphatic carbocycles. The molecule has 4 heteroatoms. The number of hydrogen-bond donors (Lipinski definition) is 1. The maximum absolute atomic E-state index is 13.2. The molecule has 1 aromatic carbocycles. The zero-order valence-electron chi connectivity index (χ0n) is 6.92. The number of alkyl halides is 1. The topological polar surface area (TPSA) is 37.3 Å². The number of carboxylic acids is 1. The van der Waals surface area contributed by atoms with Gasteiger partial charge in [-0.15, -0.1) is 0 Å². The van der Waals surface area contributed by atoms with Crippen LogP contribution in [-0.4, -0.2) is 11.1 Å². The molecule has 1 aromatic rings. The van der Waals surface area contributed by atoms with Gasteiger partial charge in [0, 0.05) is 5.56 Å². The number of aromatic carboxylic acids is 1. The SMILES string of the molecule is CC(F)c1cccc(C(=O)O)c1F. The van der Waals surface area contributed by atoms with Crippen LogP contribution >= 0.6 is 0 Å². The van der Waals surface area contributed by atoms with Crippen molar-refractivity contribution in [3.05, 3.63) is 35.1 Å². The first-order valence-corrected chi connectivity index (χ1v) is 3.69. The van der Waals surface area contributed by atoms with Crippen LogP contribution in [-0.2, 0) is 0 Å². The minimum atomic E-state index is -1.50. The Labute approximate surface area is 73.8 Å². The van der Waals surface area contributed by atoms with Crippen molar-refractivity contribution in [3.63, 3.8) is 0 Å². The van der Waals surface area contributed by atoms with E-state index in [2.05, 4.69) is 0 Å². The molecule has 70 valence electrons. The van der Waals surface area contributed by atoms with Gasteiger partial charge >= 0.3 is 5.97 Å². The highest BCUT2D eigenvalue weighted by Crippen LogP contribution is 2.22. The van der Waals surface area contributed by atoms with E-state index in [-0.39, 0.29) is 5.56 Å². The highest BCUT2D eigenvalue weighted by atomic mass is 19.1. The van der Waals surface area contributed by atoms with Crippen LogP contribution in [0.25, 0.3) is 0 Å². The summed E-state index contributed by atoms with van der Waals surface area (Å²) in [6, 6.07) is 3.65. The number of rotatable bonds is 2. The molecule has 1 atom stereocenters. The van der Waals surface area contributed by atoms with Crippen molar-refractivity contribution in [1.82, 2.24) is 0 Å². The summed E-state index contributed by atoms with van der Waals surface area (Å²) in [7, 11) is 0. The minimum Gasteiger partial charge on any atom is -0.478 e. The Bertz CT molecular complexity index is 334. The van der Waals surface area contributed by atoms with Crippen molar-refractivity contribution in [2.45, 2.75) is 13.1 Å². The molecule has 0 amide bonds. The summed E-state index contributed by atoms with van der Waals surface area (Å²) in [6.07, 6.45) is -1.50. The summed E-state index contributed by atoms with van der Waals surface area (Å²) in [4.78, 5) is 10.4. The quantitative estimate of drug-likeness (QED) is 0.770. The van der Waals surface area contributed by atoms with Gasteiger partial charge in [-0.1, -0.05) is 12.1 Å². The van der Waals surface area contributed by atoms with Gasteiger partial charge in [-0.2, -0.15) is 0 Å². The third-order valence-corrected chi connectivity index (χ3v) is 1.69. The molecule has 2 nitrogen and oxygen atoms in total. The number of benzene rings is 1. The van der Waals surface area contributed by atoms with Crippen LogP contribution in [0.4, 0.5) is 8.78 Å². The Morgan fingerprint density at radius 2 is 2.15 bits per heavy atom. The predicted molar refractivity (Wildman–Crippen MR) is 42.9 cm³/mol. The Balaban J connectivity index is 3.26. The van der Waals surface area contributed by atoms with Crippen LogP contribution in [0.15, 0.2) is 18.2 Å². The van der Waals surface area contributed by atoms with Crippen molar-refractivity contribution in [2.75, 3.05) is 0 Å². The lowest BCUT2D eigenvalue weighted by Crippen LogP contribution is -2.03. The van der Waals surface area contributed by atoms with Crippen LogP contribution in [0, 0.1) is 5.82 Å². The fourth-order valence-electron chi connectivity index (χ4n) is 1.02. The first kappa shape index (κ1) is 9.64. The lowest BCUT2D eigenvalue weighted by molar-refractivity contribution is 0.0691. The molecule has 0 fully saturated rings. The molecule has 0 saturated carbocycles. The normalized spacial score (nSPS) is 12.5. The van der Waals surface area contributed by atoms with Crippen molar-refractivity contribution < 1.29 is 18.7 Å². The molecule has 1 unspecified atom stereocenters. The second-order valence-electron chi connectivity index (χ2n) is 2.63. The molecule has 0 heterocycles. The summed E-state index contributed by atoms with van der Waals surface area (Å²) in [5, 5.41) is 8.51. The fraction of sp³-hybridized carbons (Fsp3) is 0.222. The van der Waals surface area contributed by atoms with Crippen molar-refractivity contribution >= 4 is 5.97 Å².